The SMILES string of the molecule is CCOc1nc(Cl)nc(NC(CC)COC)n1. The lowest BCUT2D eigenvalue weighted by Crippen LogP contribution is -2.25. The second-order valence-corrected chi connectivity index (χ2v) is 3.69. The molecule has 17 heavy (non-hydrogen) atoms. The molecular weight excluding hydrogens is 244 g/mol. The van der Waals surface area contributed by atoms with Gasteiger partial charge in [0, 0.05) is 7.11 Å². The van der Waals surface area contributed by atoms with Gasteiger partial charge in [0.1, 0.15) is 0 Å². The molecule has 1 atom stereocenters. The van der Waals surface area contributed by atoms with Crippen LogP contribution in [0.2, 0.25) is 5.28 Å². The Kier molecular flexibility index (Phi) is 5.93. The van der Waals surface area contributed by atoms with Crippen LogP contribution < -0.4 is 10.1 Å². The van der Waals surface area contributed by atoms with E-state index in [1.807, 2.05) is 13.8 Å². The first-order valence-electron chi connectivity index (χ1n) is 5.49. The Labute approximate surface area is 106 Å². The number of ether oxygens (including phenoxy) is 2. The van der Waals surface area contributed by atoms with Gasteiger partial charge in [-0.25, -0.2) is 0 Å². The average Bonchev–Trinajstić information content (AvgIpc) is 2.28. The summed E-state index contributed by atoms with van der Waals surface area (Å²) in [6.45, 7) is 4.95. The Hall–Kier alpha value is -1.14. The molecule has 1 unspecified atom stereocenters. The summed E-state index contributed by atoms with van der Waals surface area (Å²) in [6, 6.07) is 0.357. The van der Waals surface area contributed by atoms with Crippen molar-refractivity contribution < 1.29 is 9.47 Å². The zero-order chi connectivity index (χ0) is 12.7. The Morgan fingerprint density at radius 2 is 2.06 bits per heavy atom. The van der Waals surface area contributed by atoms with Crippen molar-refractivity contribution in [1.29, 1.82) is 0 Å². The molecule has 7 heteroatoms. The molecular formula is C10H17ClN4O2. The van der Waals surface area contributed by atoms with E-state index in [2.05, 4.69) is 20.3 Å². The van der Waals surface area contributed by atoms with E-state index in [9.17, 15) is 0 Å². The van der Waals surface area contributed by atoms with Gasteiger partial charge in [0.2, 0.25) is 11.2 Å². The number of halogens is 1. The first-order valence-corrected chi connectivity index (χ1v) is 5.87. The highest BCUT2D eigenvalue weighted by molar-refractivity contribution is 6.28. The van der Waals surface area contributed by atoms with E-state index >= 15 is 0 Å². The van der Waals surface area contributed by atoms with Crippen LogP contribution in [-0.4, -0.2) is 41.3 Å². The molecule has 0 spiro atoms. The summed E-state index contributed by atoms with van der Waals surface area (Å²) in [5.41, 5.74) is 0. The summed E-state index contributed by atoms with van der Waals surface area (Å²) in [4.78, 5) is 11.9. The fraction of sp³-hybridized carbons (Fsp3) is 0.700. The van der Waals surface area contributed by atoms with Gasteiger partial charge in [-0.05, 0) is 24.9 Å². The van der Waals surface area contributed by atoms with E-state index in [1.165, 1.54) is 0 Å². The van der Waals surface area contributed by atoms with Crippen molar-refractivity contribution in [2.75, 3.05) is 25.6 Å². The predicted octanol–water partition coefficient (Wildman–Crippen LogP) is 1.76. The molecule has 0 aliphatic heterocycles. The van der Waals surface area contributed by atoms with Crippen LogP contribution in [0.4, 0.5) is 5.95 Å². The number of hydrogen-bond donors (Lipinski definition) is 1. The van der Waals surface area contributed by atoms with Crippen molar-refractivity contribution in [1.82, 2.24) is 15.0 Å². The summed E-state index contributed by atoms with van der Waals surface area (Å²) >= 11 is 5.78. The van der Waals surface area contributed by atoms with Crippen LogP contribution >= 0.6 is 11.6 Å². The normalized spacial score (nSPS) is 12.2. The molecule has 6 nitrogen and oxygen atoms in total. The van der Waals surface area contributed by atoms with Gasteiger partial charge in [0.05, 0.1) is 19.3 Å². The van der Waals surface area contributed by atoms with Crippen LogP contribution in [-0.2, 0) is 4.74 Å². The van der Waals surface area contributed by atoms with E-state index in [1.54, 1.807) is 7.11 Å². The number of hydrogen-bond acceptors (Lipinski definition) is 6. The number of nitrogens with zero attached hydrogens (tertiary/aromatic N) is 3. The average molecular weight is 261 g/mol. The molecule has 1 heterocycles. The number of anilines is 1. The molecule has 0 fully saturated rings. The van der Waals surface area contributed by atoms with Crippen LogP contribution in [0.1, 0.15) is 20.3 Å². The van der Waals surface area contributed by atoms with Gasteiger partial charge in [-0.1, -0.05) is 6.92 Å². The Morgan fingerprint density at radius 1 is 1.29 bits per heavy atom. The van der Waals surface area contributed by atoms with E-state index < -0.39 is 0 Å². The quantitative estimate of drug-likeness (QED) is 0.806. The van der Waals surface area contributed by atoms with Crippen LogP contribution in [0.3, 0.4) is 0 Å². The van der Waals surface area contributed by atoms with E-state index in [0.717, 1.165) is 6.42 Å². The number of methoxy groups -OCH3 is 1. The summed E-state index contributed by atoms with van der Waals surface area (Å²) in [5, 5.41) is 3.23. The minimum absolute atomic E-state index is 0.109. The summed E-state index contributed by atoms with van der Waals surface area (Å²) < 4.78 is 10.3. The first kappa shape index (κ1) is 13.9. The highest BCUT2D eigenvalue weighted by atomic mass is 35.5. The van der Waals surface area contributed by atoms with E-state index in [4.69, 9.17) is 21.1 Å². The van der Waals surface area contributed by atoms with Gasteiger partial charge in [-0.3, -0.25) is 0 Å². The van der Waals surface area contributed by atoms with Gasteiger partial charge in [-0.2, -0.15) is 15.0 Å². The van der Waals surface area contributed by atoms with Crippen LogP contribution in [0.15, 0.2) is 0 Å². The largest absolute Gasteiger partial charge is 0.464 e. The van der Waals surface area contributed by atoms with Crippen molar-refractivity contribution in [3.63, 3.8) is 0 Å². The highest BCUT2D eigenvalue weighted by Crippen LogP contribution is 2.12. The molecule has 1 aromatic heterocycles. The lowest BCUT2D eigenvalue weighted by atomic mass is 10.2. The maximum absolute atomic E-state index is 5.78. The predicted molar refractivity (Wildman–Crippen MR) is 65.6 cm³/mol. The second kappa shape index (κ2) is 7.24. The lowest BCUT2D eigenvalue weighted by Gasteiger charge is -2.15. The van der Waals surface area contributed by atoms with Crippen LogP contribution in [0.5, 0.6) is 6.01 Å². The standard InChI is InChI=1S/C10H17ClN4O2/c1-4-7(6-16-3)12-9-13-8(11)14-10(15-9)17-5-2/h7H,4-6H2,1-3H3,(H,12,13,14,15). The maximum Gasteiger partial charge on any atom is 0.322 e. The van der Waals surface area contributed by atoms with Gasteiger partial charge < -0.3 is 14.8 Å². The molecule has 1 rings (SSSR count). The van der Waals surface area contributed by atoms with E-state index in [0.29, 0.717) is 19.2 Å². The third-order valence-electron chi connectivity index (χ3n) is 2.05. The molecule has 0 aliphatic carbocycles. The van der Waals surface area contributed by atoms with Gasteiger partial charge in [-0.15, -0.1) is 0 Å². The third kappa shape index (κ3) is 4.70. The van der Waals surface area contributed by atoms with Crippen molar-refractivity contribution in [2.24, 2.45) is 0 Å². The zero-order valence-corrected chi connectivity index (χ0v) is 11.0. The van der Waals surface area contributed by atoms with Crippen molar-refractivity contribution in [2.45, 2.75) is 26.3 Å². The van der Waals surface area contributed by atoms with Crippen LogP contribution in [0.25, 0.3) is 0 Å². The first-order chi connectivity index (χ1) is 8.19. The number of nitrogens with one attached hydrogen (secondary N) is 1. The monoisotopic (exact) mass is 260 g/mol. The molecule has 0 radical (unpaired) electrons. The smallest absolute Gasteiger partial charge is 0.322 e. The number of aromatic nitrogens is 3. The molecule has 0 aromatic carbocycles. The minimum atomic E-state index is 0.109. The molecule has 0 saturated heterocycles. The van der Waals surface area contributed by atoms with Gasteiger partial charge >= 0.3 is 6.01 Å². The lowest BCUT2D eigenvalue weighted by molar-refractivity contribution is 0.184. The Bertz CT molecular complexity index is 351. The third-order valence-corrected chi connectivity index (χ3v) is 2.22. The fourth-order valence-corrected chi connectivity index (χ4v) is 1.39. The molecule has 0 saturated carbocycles. The summed E-state index contributed by atoms with van der Waals surface area (Å²) in [5.74, 6) is 0.400. The molecule has 0 amide bonds. The Balaban J connectivity index is 2.75. The van der Waals surface area contributed by atoms with Crippen LogP contribution in [0, 0.1) is 0 Å². The van der Waals surface area contributed by atoms with E-state index in [-0.39, 0.29) is 17.3 Å². The Morgan fingerprint density at radius 3 is 2.65 bits per heavy atom. The summed E-state index contributed by atoms with van der Waals surface area (Å²) in [6.07, 6.45) is 0.890. The van der Waals surface area contributed by atoms with Crippen molar-refractivity contribution in [3.8, 4) is 6.01 Å². The fourth-order valence-electron chi connectivity index (χ4n) is 1.24. The molecule has 1 aromatic rings. The molecule has 0 bridgehead atoms. The second-order valence-electron chi connectivity index (χ2n) is 3.35. The van der Waals surface area contributed by atoms with Crippen molar-refractivity contribution >= 4 is 17.5 Å². The molecule has 0 aliphatic rings. The topological polar surface area (TPSA) is 69.2 Å². The number of rotatable bonds is 7. The molecule has 1 N–H and O–H groups in total. The van der Waals surface area contributed by atoms with Gasteiger partial charge in [0.15, 0.2) is 0 Å². The van der Waals surface area contributed by atoms with Gasteiger partial charge in [0.25, 0.3) is 0 Å². The summed E-state index contributed by atoms with van der Waals surface area (Å²) in [7, 11) is 1.65. The zero-order valence-electron chi connectivity index (χ0n) is 10.2. The minimum Gasteiger partial charge on any atom is -0.464 e. The maximum atomic E-state index is 5.78. The highest BCUT2D eigenvalue weighted by Gasteiger charge is 2.10. The molecule has 96 valence electrons. The van der Waals surface area contributed by atoms with Crippen molar-refractivity contribution in [3.05, 3.63) is 5.28 Å².